The van der Waals surface area contributed by atoms with E-state index in [4.69, 9.17) is 21.1 Å². The fourth-order valence-corrected chi connectivity index (χ4v) is 3.93. The first-order valence-electron chi connectivity index (χ1n) is 5.12. The van der Waals surface area contributed by atoms with Gasteiger partial charge in [0.05, 0.1) is 10.9 Å². The number of sulfonamides is 1. The summed E-state index contributed by atoms with van der Waals surface area (Å²) in [7, 11) is -0.511. The molecule has 8 heteroatoms. The Labute approximate surface area is 116 Å². The van der Waals surface area contributed by atoms with Gasteiger partial charge in [-0.1, -0.05) is 11.6 Å². The Bertz CT molecular complexity index is 488. The van der Waals surface area contributed by atoms with E-state index in [1.165, 1.54) is 20.3 Å². The first-order chi connectivity index (χ1) is 8.33. The lowest BCUT2D eigenvalue weighted by atomic mass is 10.1. The van der Waals surface area contributed by atoms with Crippen LogP contribution in [0.2, 0.25) is 4.34 Å². The molecule has 104 valence electrons. The molecule has 5 nitrogen and oxygen atoms in total. The minimum atomic E-state index is -3.55. The van der Waals surface area contributed by atoms with Crippen molar-refractivity contribution in [3.8, 4) is 0 Å². The Hall–Kier alpha value is -0.180. The Balaban J connectivity index is 2.73. The number of nitrogens with one attached hydrogen (secondary N) is 1. The topological polar surface area (TPSA) is 64.6 Å². The fourth-order valence-electron chi connectivity index (χ4n) is 1.25. The van der Waals surface area contributed by atoms with Crippen molar-refractivity contribution in [3.05, 3.63) is 16.5 Å². The minimum Gasteiger partial charge on any atom is -0.382 e. The molecule has 0 unspecified atom stereocenters. The molecule has 0 bridgehead atoms. The predicted molar refractivity (Wildman–Crippen MR) is 71.8 cm³/mol. The van der Waals surface area contributed by atoms with Gasteiger partial charge >= 0.3 is 0 Å². The van der Waals surface area contributed by atoms with Gasteiger partial charge in [-0.15, -0.1) is 11.3 Å². The predicted octanol–water partition coefficient (Wildman–Crippen LogP) is 1.73. The van der Waals surface area contributed by atoms with Crippen LogP contribution in [0.15, 0.2) is 16.3 Å². The van der Waals surface area contributed by atoms with Crippen molar-refractivity contribution in [2.45, 2.75) is 16.7 Å². The van der Waals surface area contributed by atoms with Crippen molar-refractivity contribution >= 4 is 33.0 Å². The van der Waals surface area contributed by atoms with Gasteiger partial charge in [0.25, 0.3) is 0 Å². The van der Waals surface area contributed by atoms with Crippen LogP contribution in [0.1, 0.15) is 6.92 Å². The highest BCUT2D eigenvalue weighted by atomic mass is 35.5. The number of ether oxygens (including phenoxy) is 2. The number of halogens is 1. The average molecular weight is 314 g/mol. The third-order valence-corrected chi connectivity index (χ3v) is 5.52. The molecule has 0 spiro atoms. The maximum atomic E-state index is 12.0. The second kappa shape index (κ2) is 6.31. The fraction of sp³-hybridized carbons (Fsp3) is 0.600. The van der Waals surface area contributed by atoms with Crippen molar-refractivity contribution in [1.29, 1.82) is 0 Å². The van der Waals surface area contributed by atoms with Crippen molar-refractivity contribution < 1.29 is 17.9 Å². The maximum absolute atomic E-state index is 12.0. The van der Waals surface area contributed by atoms with Gasteiger partial charge in [0, 0.05) is 20.8 Å². The van der Waals surface area contributed by atoms with E-state index >= 15 is 0 Å². The SMILES string of the molecule is COC[C@](C)(CNS(=O)(=O)c1ccc(Cl)s1)OC. The molecule has 0 aliphatic heterocycles. The van der Waals surface area contributed by atoms with Crippen LogP contribution in [0, 0.1) is 0 Å². The van der Waals surface area contributed by atoms with E-state index in [0.717, 1.165) is 11.3 Å². The molecule has 1 aromatic heterocycles. The number of methoxy groups -OCH3 is 2. The Kier molecular flexibility index (Phi) is 5.57. The molecule has 0 aliphatic carbocycles. The van der Waals surface area contributed by atoms with Crippen LogP contribution in [-0.4, -0.2) is 41.4 Å². The molecule has 0 aromatic carbocycles. The van der Waals surface area contributed by atoms with Gasteiger partial charge in [-0.3, -0.25) is 0 Å². The summed E-state index contributed by atoms with van der Waals surface area (Å²) in [6, 6.07) is 3.02. The van der Waals surface area contributed by atoms with E-state index in [1.54, 1.807) is 13.0 Å². The minimum absolute atomic E-state index is 0.120. The normalized spacial score (nSPS) is 15.6. The zero-order valence-corrected chi connectivity index (χ0v) is 12.8. The summed E-state index contributed by atoms with van der Waals surface area (Å²) in [6.07, 6.45) is 0. The van der Waals surface area contributed by atoms with Gasteiger partial charge < -0.3 is 9.47 Å². The first-order valence-corrected chi connectivity index (χ1v) is 7.80. The van der Waals surface area contributed by atoms with E-state index in [9.17, 15) is 8.42 Å². The quantitative estimate of drug-likeness (QED) is 0.832. The molecule has 0 radical (unpaired) electrons. The molecule has 0 fully saturated rings. The summed E-state index contributed by atoms with van der Waals surface area (Å²) in [5.41, 5.74) is -0.705. The first kappa shape index (κ1) is 15.9. The van der Waals surface area contributed by atoms with Crippen LogP contribution < -0.4 is 4.72 Å². The van der Waals surface area contributed by atoms with Crippen molar-refractivity contribution in [2.24, 2.45) is 0 Å². The van der Waals surface area contributed by atoms with E-state index in [2.05, 4.69) is 4.72 Å². The standard InChI is InChI=1S/C10H16ClNO4S2/c1-10(16-3,7-15-2)6-12-18(13,14)9-5-4-8(11)17-9/h4-5,12H,6-7H2,1-3H3/t10-/m0/s1. The van der Waals surface area contributed by atoms with E-state index < -0.39 is 15.6 Å². The summed E-state index contributed by atoms with van der Waals surface area (Å²) < 4.78 is 37.2. The molecule has 1 aromatic rings. The average Bonchev–Trinajstić information content (AvgIpc) is 2.75. The number of hydrogen-bond acceptors (Lipinski definition) is 5. The highest BCUT2D eigenvalue weighted by Crippen LogP contribution is 2.25. The van der Waals surface area contributed by atoms with Crippen LogP contribution in [0.5, 0.6) is 0 Å². The molecule has 1 rings (SSSR count). The highest BCUT2D eigenvalue weighted by Gasteiger charge is 2.27. The number of hydrogen-bond donors (Lipinski definition) is 1. The van der Waals surface area contributed by atoms with Crippen LogP contribution >= 0.6 is 22.9 Å². The molecule has 18 heavy (non-hydrogen) atoms. The Morgan fingerprint density at radius 1 is 1.44 bits per heavy atom. The molecule has 0 aliphatic rings. The van der Waals surface area contributed by atoms with Crippen LogP contribution in [0.3, 0.4) is 0 Å². The molecular formula is C10H16ClNO4S2. The van der Waals surface area contributed by atoms with E-state index in [0.29, 0.717) is 4.34 Å². The van der Waals surface area contributed by atoms with E-state index in [-0.39, 0.29) is 17.4 Å². The number of thiophene rings is 1. The lowest BCUT2D eigenvalue weighted by Crippen LogP contribution is -2.45. The largest absolute Gasteiger partial charge is 0.382 e. The van der Waals surface area contributed by atoms with Gasteiger partial charge in [0.1, 0.15) is 9.81 Å². The van der Waals surface area contributed by atoms with E-state index in [1.807, 2.05) is 0 Å². The molecule has 0 saturated carbocycles. The summed E-state index contributed by atoms with van der Waals surface area (Å²) >= 11 is 6.72. The van der Waals surface area contributed by atoms with Crippen LogP contribution in [-0.2, 0) is 19.5 Å². The monoisotopic (exact) mass is 313 g/mol. The molecule has 0 amide bonds. The van der Waals surface area contributed by atoms with Gasteiger partial charge in [0.2, 0.25) is 10.0 Å². The van der Waals surface area contributed by atoms with Gasteiger partial charge in [-0.25, -0.2) is 13.1 Å². The lowest BCUT2D eigenvalue weighted by Gasteiger charge is -2.27. The number of rotatable bonds is 7. The van der Waals surface area contributed by atoms with Crippen molar-refractivity contribution in [3.63, 3.8) is 0 Å². The smallest absolute Gasteiger partial charge is 0.250 e. The highest BCUT2D eigenvalue weighted by molar-refractivity contribution is 7.91. The van der Waals surface area contributed by atoms with Gasteiger partial charge in [-0.2, -0.15) is 0 Å². The Morgan fingerprint density at radius 3 is 2.56 bits per heavy atom. The van der Waals surface area contributed by atoms with Crippen molar-refractivity contribution in [2.75, 3.05) is 27.4 Å². The molecule has 1 N–H and O–H groups in total. The maximum Gasteiger partial charge on any atom is 0.250 e. The molecular weight excluding hydrogens is 298 g/mol. The summed E-state index contributed by atoms with van der Waals surface area (Å²) in [5.74, 6) is 0. The zero-order valence-electron chi connectivity index (χ0n) is 10.4. The van der Waals surface area contributed by atoms with Crippen LogP contribution in [0.4, 0.5) is 0 Å². The Morgan fingerprint density at radius 2 is 2.11 bits per heavy atom. The molecule has 1 heterocycles. The molecule has 1 atom stereocenters. The summed E-state index contributed by atoms with van der Waals surface area (Å²) in [6.45, 7) is 2.17. The van der Waals surface area contributed by atoms with Crippen molar-refractivity contribution in [1.82, 2.24) is 4.72 Å². The van der Waals surface area contributed by atoms with Gasteiger partial charge in [-0.05, 0) is 19.1 Å². The summed E-state index contributed by atoms with van der Waals surface area (Å²) in [5, 5.41) is 0. The zero-order chi connectivity index (χ0) is 13.8. The summed E-state index contributed by atoms with van der Waals surface area (Å²) in [4.78, 5) is 0. The van der Waals surface area contributed by atoms with Crippen LogP contribution in [0.25, 0.3) is 0 Å². The lowest BCUT2D eigenvalue weighted by molar-refractivity contribution is -0.0460. The second-order valence-corrected chi connectivity index (χ2v) is 7.68. The third kappa shape index (κ3) is 4.18. The second-order valence-electron chi connectivity index (χ2n) is 3.97. The molecule has 0 saturated heterocycles. The van der Waals surface area contributed by atoms with Gasteiger partial charge in [0.15, 0.2) is 0 Å². The third-order valence-electron chi connectivity index (χ3n) is 2.39.